The summed E-state index contributed by atoms with van der Waals surface area (Å²) in [6.07, 6.45) is 5.33. The molecule has 1 atom stereocenters. The van der Waals surface area contributed by atoms with Gasteiger partial charge in [-0.2, -0.15) is 5.21 Å². The van der Waals surface area contributed by atoms with E-state index in [0.29, 0.717) is 11.8 Å². The molecule has 0 aliphatic carbocycles. The van der Waals surface area contributed by atoms with Crippen molar-refractivity contribution in [3.8, 4) is 0 Å². The molecule has 0 saturated carbocycles. The highest BCUT2D eigenvalue weighted by atomic mass is 15.5. The predicted molar refractivity (Wildman–Crippen MR) is 71.3 cm³/mol. The SMILES string of the molecule is CC(C)(C)CCC(Nc1ncccn1)c1nn[nH]n1. The molecule has 0 amide bonds. The van der Waals surface area contributed by atoms with Gasteiger partial charge in [0.15, 0.2) is 5.82 Å². The van der Waals surface area contributed by atoms with Crippen LogP contribution in [0.4, 0.5) is 5.95 Å². The zero-order chi connectivity index (χ0) is 13.7. The van der Waals surface area contributed by atoms with Gasteiger partial charge in [0.1, 0.15) is 0 Å². The van der Waals surface area contributed by atoms with Gasteiger partial charge in [0.25, 0.3) is 0 Å². The first-order valence-electron chi connectivity index (χ1n) is 6.31. The van der Waals surface area contributed by atoms with Crippen LogP contribution in [0.5, 0.6) is 0 Å². The summed E-state index contributed by atoms with van der Waals surface area (Å²) in [7, 11) is 0. The summed E-state index contributed by atoms with van der Waals surface area (Å²) in [4.78, 5) is 8.33. The summed E-state index contributed by atoms with van der Waals surface area (Å²) in [5, 5.41) is 17.4. The molecule has 0 aliphatic heterocycles. The molecule has 2 aromatic rings. The summed E-state index contributed by atoms with van der Waals surface area (Å²) in [6, 6.07) is 1.74. The Morgan fingerprint density at radius 1 is 1.26 bits per heavy atom. The molecule has 0 fully saturated rings. The number of tetrazole rings is 1. The Morgan fingerprint density at radius 3 is 2.58 bits per heavy atom. The van der Waals surface area contributed by atoms with Crippen molar-refractivity contribution in [2.24, 2.45) is 5.41 Å². The smallest absolute Gasteiger partial charge is 0.223 e. The van der Waals surface area contributed by atoms with Crippen molar-refractivity contribution >= 4 is 5.95 Å². The maximum Gasteiger partial charge on any atom is 0.223 e. The summed E-state index contributed by atoms with van der Waals surface area (Å²) < 4.78 is 0. The van der Waals surface area contributed by atoms with E-state index < -0.39 is 0 Å². The van der Waals surface area contributed by atoms with Gasteiger partial charge in [-0.3, -0.25) is 0 Å². The van der Waals surface area contributed by atoms with Crippen LogP contribution in [-0.2, 0) is 0 Å². The van der Waals surface area contributed by atoms with Crippen molar-refractivity contribution in [2.75, 3.05) is 5.32 Å². The van der Waals surface area contributed by atoms with Crippen LogP contribution in [0.2, 0.25) is 0 Å². The predicted octanol–water partition coefficient (Wildman–Crippen LogP) is 1.97. The van der Waals surface area contributed by atoms with E-state index in [4.69, 9.17) is 0 Å². The Balaban J connectivity index is 2.07. The molecule has 7 heteroatoms. The molecule has 2 N–H and O–H groups in total. The lowest BCUT2D eigenvalue weighted by atomic mass is 9.88. The number of nitrogens with zero attached hydrogens (tertiary/aromatic N) is 5. The summed E-state index contributed by atoms with van der Waals surface area (Å²) in [5.74, 6) is 1.21. The Bertz CT molecular complexity index is 475. The second-order valence-corrected chi connectivity index (χ2v) is 5.64. The quantitative estimate of drug-likeness (QED) is 0.854. The van der Waals surface area contributed by atoms with Gasteiger partial charge in [-0.25, -0.2) is 9.97 Å². The average Bonchev–Trinajstić information content (AvgIpc) is 2.88. The molecule has 0 saturated heterocycles. The van der Waals surface area contributed by atoms with Gasteiger partial charge >= 0.3 is 0 Å². The molecule has 2 heterocycles. The van der Waals surface area contributed by atoms with Crippen LogP contribution < -0.4 is 5.32 Å². The maximum absolute atomic E-state index is 4.16. The molecule has 2 aromatic heterocycles. The number of aromatic nitrogens is 6. The Kier molecular flexibility index (Phi) is 4.03. The van der Waals surface area contributed by atoms with Gasteiger partial charge in [-0.05, 0) is 24.3 Å². The fourth-order valence-electron chi connectivity index (χ4n) is 1.69. The minimum absolute atomic E-state index is 0.0413. The van der Waals surface area contributed by atoms with Crippen LogP contribution in [0, 0.1) is 5.41 Å². The van der Waals surface area contributed by atoms with Crippen molar-refractivity contribution in [1.82, 2.24) is 30.6 Å². The van der Waals surface area contributed by atoms with Crippen molar-refractivity contribution in [1.29, 1.82) is 0 Å². The third kappa shape index (κ3) is 4.27. The molecule has 2 rings (SSSR count). The second-order valence-electron chi connectivity index (χ2n) is 5.64. The standard InChI is InChI=1S/C12H19N7/c1-12(2,3)6-5-9(10-16-18-19-17-10)15-11-13-7-4-8-14-11/h4,7-9H,5-6H2,1-3H3,(H,13,14,15)(H,16,17,18,19). The van der Waals surface area contributed by atoms with E-state index in [9.17, 15) is 0 Å². The van der Waals surface area contributed by atoms with E-state index in [-0.39, 0.29) is 11.5 Å². The molecule has 0 radical (unpaired) electrons. The third-order valence-electron chi connectivity index (χ3n) is 2.73. The Morgan fingerprint density at radius 2 is 2.00 bits per heavy atom. The van der Waals surface area contributed by atoms with Gasteiger partial charge in [-0.1, -0.05) is 26.0 Å². The molecule has 102 valence electrons. The summed E-state index contributed by atoms with van der Waals surface area (Å²) >= 11 is 0. The second kappa shape index (κ2) is 5.73. The lowest BCUT2D eigenvalue weighted by Crippen LogP contribution is -2.17. The van der Waals surface area contributed by atoms with Crippen molar-refractivity contribution < 1.29 is 0 Å². The maximum atomic E-state index is 4.16. The third-order valence-corrected chi connectivity index (χ3v) is 2.73. The van der Waals surface area contributed by atoms with Crippen LogP contribution in [0.25, 0.3) is 0 Å². The van der Waals surface area contributed by atoms with Gasteiger partial charge in [0, 0.05) is 12.4 Å². The van der Waals surface area contributed by atoms with Crippen molar-refractivity contribution in [3.05, 3.63) is 24.3 Å². The number of H-pyrrole nitrogens is 1. The molecule has 0 aromatic carbocycles. The summed E-state index contributed by atoms with van der Waals surface area (Å²) in [6.45, 7) is 6.62. The topological polar surface area (TPSA) is 92.3 Å². The van der Waals surface area contributed by atoms with E-state index in [1.165, 1.54) is 0 Å². The molecule has 0 spiro atoms. The zero-order valence-electron chi connectivity index (χ0n) is 11.5. The van der Waals surface area contributed by atoms with Crippen LogP contribution >= 0.6 is 0 Å². The van der Waals surface area contributed by atoms with Crippen LogP contribution in [0.1, 0.15) is 45.5 Å². The van der Waals surface area contributed by atoms with Gasteiger partial charge < -0.3 is 5.32 Å². The van der Waals surface area contributed by atoms with Gasteiger partial charge in [0.2, 0.25) is 5.95 Å². The minimum Gasteiger partial charge on any atom is -0.344 e. The van der Waals surface area contributed by atoms with E-state index in [2.05, 4.69) is 56.7 Å². The van der Waals surface area contributed by atoms with Crippen molar-refractivity contribution in [2.45, 2.75) is 39.7 Å². The average molecular weight is 261 g/mol. The summed E-state index contributed by atoms with van der Waals surface area (Å²) in [5.41, 5.74) is 0.251. The lowest BCUT2D eigenvalue weighted by Gasteiger charge is -2.22. The largest absolute Gasteiger partial charge is 0.344 e. The number of rotatable bonds is 5. The molecule has 0 bridgehead atoms. The molecular formula is C12H19N7. The van der Waals surface area contributed by atoms with Crippen LogP contribution in [-0.4, -0.2) is 30.6 Å². The van der Waals surface area contributed by atoms with Gasteiger partial charge in [-0.15, -0.1) is 10.2 Å². The minimum atomic E-state index is -0.0413. The van der Waals surface area contributed by atoms with Crippen molar-refractivity contribution in [3.63, 3.8) is 0 Å². The van der Waals surface area contributed by atoms with E-state index >= 15 is 0 Å². The van der Waals surface area contributed by atoms with E-state index in [1.807, 2.05) is 0 Å². The molecule has 19 heavy (non-hydrogen) atoms. The number of hydrogen-bond donors (Lipinski definition) is 2. The number of anilines is 1. The van der Waals surface area contributed by atoms with E-state index in [1.54, 1.807) is 18.5 Å². The number of aromatic amines is 1. The highest BCUT2D eigenvalue weighted by Gasteiger charge is 2.20. The monoisotopic (exact) mass is 261 g/mol. The normalized spacial score (nSPS) is 13.2. The fraction of sp³-hybridized carbons (Fsp3) is 0.583. The fourth-order valence-corrected chi connectivity index (χ4v) is 1.69. The molecule has 0 aliphatic rings. The number of nitrogens with one attached hydrogen (secondary N) is 2. The highest BCUT2D eigenvalue weighted by Crippen LogP contribution is 2.27. The first kappa shape index (κ1) is 13.4. The van der Waals surface area contributed by atoms with Crippen LogP contribution in [0.3, 0.4) is 0 Å². The first-order valence-corrected chi connectivity index (χ1v) is 6.31. The molecule has 1 unspecified atom stereocenters. The lowest BCUT2D eigenvalue weighted by molar-refractivity contribution is 0.351. The first-order chi connectivity index (χ1) is 9.04. The Hall–Kier alpha value is -2.05. The zero-order valence-corrected chi connectivity index (χ0v) is 11.5. The Labute approximate surface area is 112 Å². The molecular weight excluding hydrogens is 242 g/mol. The van der Waals surface area contributed by atoms with E-state index in [0.717, 1.165) is 12.8 Å². The van der Waals surface area contributed by atoms with Crippen LogP contribution in [0.15, 0.2) is 18.5 Å². The number of hydrogen-bond acceptors (Lipinski definition) is 6. The van der Waals surface area contributed by atoms with Gasteiger partial charge in [0.05, 0.1) is 6.04 Å². The molecule has 7 nitrogen and oxygen atoms in total. The highest BCUT2D eigenvalue weighted by molar-refractivity contribution is 5.25.